The van der Waals surface area contributed by atoms with Crippen LogP contribution in [0.4, 0.5) is 4.79 Å². The number of ether oxygens (including phenoxy) is 4. The number of fused-ring (bicyclic) bond motifs is 1. The fraction of sp³-hybridized carbons (Fsp3) is 0.238. The zero-order chi connectivity index (χ0) is 19.5. The number of nitrogens with zero attached hydrogens (tertiary/aromatic N) is 1. The Morgan fingerprint density at radius 2 is 1.79 bits per heavy atom. The Morgan fingerprint density at radius 3 is 2.50 bits per heavy atom. The zero-order valence-electron chi connectivity index (χ0n) is 15.3. The van der Waals surface area contributed by atoms with Crippen molar-refractivity contribution in [1.29, 1.82) is 0 Å². The number of hydrogen-bond donors (Lipinski definition) is 0. The number of rotatable bonds is 3. The van der Waals surface area contributed by atoms with Crippen LogP contribution in [-0.2, 0) is 4.74 Å². The molecule has 2 aliphatic heterocycles. The summed E-state index contributed by atoms with van der Waals surface area (Å²) < 4.78 is 21.4. The molecule has 0 atom stereocenters. The van der Waals surface area contributed by atoms with Crippen LogP contribution in [0.25, 0.3) is 6.08 Å². The minimum Gasteiger partial charge on any atom is -0.497 e. The highest BCUT2D eigenvalue weighted by molar-refractivity contribution is 6.14. The van der Waals surface area contributed by atoms with E-state index in [0.717, 1.165) is 5.56 Å². The van der Waals surface area contributed by atoms with Crippen LogP contribution in [0.1, 0.15) is 15.9 Å². The van der Waals surface area contributed by atoms with Gasteiger partial charge >= 0.3 is 6.09 Å². The highest BCUT2D eigenvalue weighted by atomic mass is 16.6. The molecule has 2 aromatic carbocycles. The molecule has 7 nitrogen and oxygen atoms in total. The van der Waals surface area contributed by atoms with E-state index in [0.29, 0.717) is 49.1 Å². The lowest BCUT2D eigenvalue weighted by Gasteiger charge is -2.25. The number of amides is 1. The summed E-state index contributed by atoms with van der Waals surface area (Å²) in [5.74, 6) is 1.60. The molecule has 0 aliphatic carbocycles. The summed E-state index contributed by atoms with van der Waals surface area (Å²) in [6.07, 6.45) is 1.26. The monoisotopic (exact) mass is 381 g/mol. The van der Waals surface area contributed by atoms with Crippen molar-refractivity contribution in [2.75, 3.05) is 33.4 Å². The molecule has 2 aromatic rings. The van der Waals surface area contributed by atoms with Gasteiger partial charge in [-0.05, 0) is 35.9 Å². The second-order valence-electron chi connectivity index (χ2n) is 6.34. The van der Waals surface area contributed by atoms with Crippen molar-refractivity contribution < 1.29 is 28.5 Å². The van der Waals surface area contributed by atoms with Crippen LogP contribution in [0.3, 0.4) is 0 Å². The molecule has 4 rings (SSSR count). The number of morpholine rings is 1. The second-order valence-corrected chi connectivity index (χ2v) is 6.34. The van der Waals surface area contributed by atoms with E-state index in [-0.39, 0.29) is 11.5 Å². The van der Waals surface area contributed by atoms with Gasteiger partial charge in [-0.3, -0.25) is 4.79 Å². The normalized spacial score (nSPS) is 17.2. The van der Waals surface area contributed by atoms with Gasteiger partial charge in [-0.2, -0.15) is 0 Å². The maximum Gasteiger partial charge on any atom is 0.415 e. The Balaban J connectivity index is 1.44. The largest absolute Gasteiger partial charge is 0.497 e. The third-order valence-corrected chi connectivity index (χ3v) is 4.53. The predicted octanol–water partition coefficient (Wildman–Crippen LogP) is 3.14. The van der Waals surface area contributed by atoms with E-state index in [1.54, 1.807) is 60.6 Å². The lowest BCUT2D eigenvalue weighted by Crippen LogP contribution is -2.42. The quantitative estimate of drug-likeness (QED) is 0.761. The number of ketones is 1. The van der Waals surface area contributed by atoms with Crippen molar-refractivity contribution in [2.24, 2.45) is 0 Å². The lowest BCUT2D eigenvalue weighted by molar-refractivity contribution is 0.0416. The highest BCUT2D eigenvalue weighted by Gasteiger charge is 2.27. The molecule has 2 aliphatic rings. The van der Waals surface area contributed by atoms with Gasteiger partial charge in [0.1, 0.15) is 17.2 Å². The molecular formula is C21H19NO6. The molecule has 0 spiro atoms. The summed E-state index contributed by atoms with van der Waals surface area (Å²) in [5, 5.41) is 0. The molecule has 1 fully saturated rings. The first-order valence-electron chi connectivity index (χ1n) is 8.91. The Hall–Kier alpha value is -3.32. The van der Waals surface area contributed by atoms with E-state index < -0.39 is 6.09 Å². The molecule has 2 heterocycles. The average Bonchev–Trinajstić information content (AvgIpc) is 3.04. The van der Waals surface area contributed by atoms with Crippen molar-refractivity contribution in [1.82, 2.24) is 4.90 Å². The lowest BCUT2D eigenvalue weighted by atomic mass is 10.1. The Bertz CT molecular complexity index is 928. The van der Waals surface area contributed by atoms with Gasteiger partial charge in [-0.1, -0.05) is 12.1 Å². The third kappa shape index (κ3) is 3.70. The van der Waals surface area contributed by atoms with Crippen molar-refractivity contribution >= 4 is 18.0 Å². The van der Waals surface area contributed by atoms with E-state index in [1.165, 1.54) is 0 Å². The topological polar surface area (TPSA) is 74.3 Å². The van der Waals surface area contributed by atoms with Crippen LogP contribution >= 0.6 is 0 Å². The molecule has 7 heteroatoms. The number of hydrogen-bond acceptors (Lipinski definition) is 6. The van der Waals surface area contributed by atoms with Gasteiger partial charge < -0.3 is 23.8 Å². The first-order chi connectivity index (χ1) is 13.6. The Morgan fingerprint density at radius 1 is 1.07 bits per heavy atom. The molecule has 1 amide bonds. The predicted molar refractivity (Wildman–Crippen MR) is 101 cm³/mol. The number of benzene rings is 2. The smallest absolute Gasteiger partial charge is 0.415 e. The summed E-state index contributed by atoms with van der Waals surface area (Å²) in [6.45, 7) is 2.08. The van der Waals surface area contributed by atoms with Gasteiger partial charge in [0, 0.05) is 19.2 Å². The van der Waals surface area contributed by atoms with E-state index >= 15 is 0 Å². The van der Waals surface area contributed by atoms with Crippen LogP contribution in [0.15, 0.2) is 48.2 Å². The first-order valence-corrected chi connectivity index (χ1v) is 8.91. The Kier molecular flexibility index (Phi) is 4.99. The van der Waals surface area contributed by atoms with Crippen molar-refractivity contribution in [3.63, 3.8) is 0 Å². The standard InChI is InChI=1S/C21H19NO6/c1-25-16-6-7-17-18(13-16)28-19(20(17)23)12-14-2-4-15(5-3-14)27-21(24)22-8-10-26-11-9-22/h2-7,12-13H,8-11H2,1H3/b19-12-. The van der Waals surface area contributed by atoms with Gasteiger partial charge in [0.15, 0.2) is 5.76 Å². The Labute approximate surface area is 162 Å². The van der Waals surface area contributed by atoms with Crippen molar-refractivity contribution in [2.45, 2.75) is 0 Å². The van der Waals surface area contributed by atoms with Crippen LogP contribution < -0.4 is 14.2 Å². The minimum absolute atomic E-state index is 0.180. The van der Waals surface area contributed by atoms with Crippen LogP contribution in [0.5, 0.6) is 17.2 Å². The highest BCUT2D eigenvalue weighted by Crippen LogP contribution is 2.34. The summed E-state index contributed by atoms with van der Waals surface area (Å²) in [6, 6.07) is 12.0. The number of carbonyl (C=O) groups excluding carboxylic acids is 2. The van der Waals surface area contributed by atoms with Crippen LogP contribution in [-0.4, -0.2) is 50.2 Å². The zero-order valence-corrected chi connectivity index (χ0v) is 15.3. The van der Waals surface area contributed by atoms with E-state index in [9.17, 15) is 9.59 Å². The first kappa shape index (κ1) is 18.1. The number of Topliss-reactive ketones (excluding diaryl/α,β-unsaturated/α-hetero) is 1. The molecule has 1 saturated heterocycles. The number of allylic oxidation sites excluding steroid dienone is 1. The SMILES string of the molecule is COc1ccc2c(c1)O/C(=C\c1ccc(OC(=O)N3CCOCC3)cc1)C2=O. The maximum absolute atomic E-state index is 12.5. The summed E-state index contributed by atoms with van der Waals surface area (Å²) in [4.78, 5) is 26.2. The molecular weight excluding hydrogens is 362 g/mol. The molecule has 0 radical (unpaired) electrons. The minimum atomic E-state index is -0.395. The summed E-state index contributed by atoms with van der Waals surface area (Å²) in [5.41, 5.74) is 1.26. The molecule has 28 heavy (non-hydrogen) atoms. The molecule has 0 N–H and O–H groups in total. The molecule has 0 saturated carbocycles. The van der Waals surface area contributed by atoms with E-state index in [4.69, 9.17) is 18.9 Å². The fourth-order valence-electron chi connectivity index (χ4n) is 2.99. The van der Waals surface area contributed by atoms with Gasteiger partial charge in [-0.25, -0.2) is 4.79 Å². The van der Waals surface area contributed by atoms with Gasteiger partial charge in [-0.15, -0.1) is 0 Å². The number of methoxy groups -OCH3 is 1. The molecule has 0 aromatic heterocycles. The maximum atomic E-state index is 12.5. The molecule has 0 unspecified atom stereocenters. The second kappa shape index (κ2) is 7.74. The van der Waals surface area contributed by atoms with Gasteiger partial charge in [0.25, 0.3) is 0 Å². The van der Waals surface area contributed by atoms with Gasteiger partial charge in [0.05, 0.1) is 25.9 Å². The third-order valence-electron chi connectivity index (χ3n) is 4.53. The van der Waals surface area contributed by atoms with Gasteiger partial charge in [0.2, 0.25) is 5.78 Å². The molecule has 0 bridgehead atoms. The molecule has 144 valence electrons. The summed E-state index contributed by atoms with van der Waals surface area (Å²) in [7, 11) is 1.56. The van der Waals surface area contributed by atoms with Crippen LogP contribution in [0, 0.1) is 0 Å². The van der Waals surface area contributed by atoms with E-state index in [1.807, 2.05) is 0 Å². The number of carbonyl (C=O) groups is 2. The van der Waals surface area contributed by atoms with Crippen molar-refractivity contribution in [3.8, 4) is 17.2 Å². The van der Waals surface area contributed by atoms with Crippen LogP contribution in [0.2, 0.25) is 0 Å². The summed E-state index contributed by atoms with van der Waals surface area (Å²) >= 11 is 0. The van der Waals surface area contributed by atoms with E-state index in [2.05, 4.69) is 0 Å². The van der Waals surface area contributed by atoms with Crippen molar-refractivity contribution in [3.05, 3.63) is 59.4 Å². The average molecular weight is 381 g/mol. The fourth-order valence-corrected chi connectivity index (χ4v) is 2.99.